The smallest absolute Gasteiger partial charge is 0.471 e. The van der Waals surface area contributed by atoms with Gasteiger partial charge < -0.3 is 10.0 Å². The van der Waals surface area contributed by atoms with Gasteiger partial charge in [0, 0.05) is 12.6 Å². The molecule has 86 valence electrons. The predicted octanol–water partition coefficient (Wildman–Crippen LogP) is 0.870. The lowest BCUT2D eigenvalue weighted by atomic mass is 10.1. The third-order valence-electron chi connectivity index (χ3n) is 2.43. The van der Waals surface area contributed by atoms with Crippen LogP contribution in [0.3, 0.4) is 0 Å². The van der Waals surface area contributed by atoms with E-state index < -0.39 is 30.0 Å². The highest BCUT2D eigenvalue weighted by atomic mass is 19.4. The number of carboxylic acids is 1. The van der Waals surface area contributed by atoms with Gasteiger partial charge >= 0.3 is 18.1 Å². The van der Waals surface area contributed by atoms with Gasteiger partial charge in [0.1, 0.15) is 0 Å². The summed E-state index contributed by atoms with van der Waals surface area (Å²) in [6, 6.07) is -0.680. The molecular weight excluding hydrogens is 215 g/mol. The third-order valence-corrected chi connectivity index (χ3v) is 2.43. The molecule has 1 rings (SSSR count). The number of carbonyl (C=O) groups is 2. The number of halogens is 3. The van der Waals surface area contributed by atoms with Crippen molar-refractivity contribution in [3.63, 3.8) is 0 Å². The molecule has 7 heteroatoms. The molecule has 1 amide bonds. The van der Waals surface area contributed by atoms with Crippen molar-refractivity contribution >= 4 is 11.9 Å². The summed E-state index contributed by atoms with van der Waals surface area (Å²) in [5.74, 6) is -4.02. The van der Waals surface area contributed by atoms with Gasteiger partial charge in [-0.25, -0.2) is 0 Å². The predicted molar refractivity (Wildman–Crippen MR) is 43.0 cm³/mol. The van der Waals surface area contributed by atoms with Crippen LogP contribution in [0.5, 0.6) is 0 Å². The van der Waals surface area contributed by atoms with Gasteiger partial charge in [-0.05, 0) is 13.3 Å². The lowest BCUT2D eigenvalue weighted by Gasteiger charge is -2.22. The highest BCUT2D eigenvalue weighted by Gasteiger charge is 2.47. The van der Waals surface area contributed by atoms with E-state index in [-0.39, 0.29) is 13.0 Å². The number of carboxylic acid groups (broad SMARTS) is 1. The van der Waals surface area contributed by atoms with Gasteiger partial charge in [0.15, 0.2) is 0 Å². The van der Waals surface area contributed by atoms with Crippen LogP contribution in [0.25, 0.3) is 0 Å². The van der Waals surface area contributed by atoms with Crippen LogP contribution >= 0.6 is 0 Å². The lowest BCUT2D eigenvalue weighted by Crippen LogP contribution is -2.43. The minimum absolute atomic E-state index is 0.0666. The maximum atomic E-state index is 12.1. The summed E-state index contributed by atoms with van der Waals surface area (Å²) in [5.41, 5.74) is 0. The Morgan fingerprint density at radius 3 is 2.27 bits per heavy atom. The zero-order chi connectivity index (χ0) is 11.8. The first-order valence-corrected chi connectivity index (χ1v) is 4.34. The molecule has 0 aromatic carbocycles. The van der Waals surface area contributed by atoms with Crippen LogP contribution in [0.2, 0.25) is 0 Å². The van der Waals surface area contributed by atoms with Gasteiger partial charge in [-0.1, -0.05) is 0 Å². The SMILES string of the molecule is CC1CC(C(=O)O)CN1C(=O)C(F)(F)F. The second-order valence-corrected chi connectivity index (χ2v) is 3.58. The van der Waals surface area contributed by atoms with Crippen LogP contribution in [-0.4, -0.2) is 40.6 Å². The number of hydrogen-bond acceptors (Lipinski definition) is 2. The summed E-state index contributed by atoms with van der Waals surface area (Å²) >= 11 is 0. The molecule has 15 heavy (non-hydrogen) atoms. The lowest BCUT2D eigenvalue weighted by molar-refractivity contribution is -0.186. The summed E-state index contributed by atoms with van der Waals surface area (Å²) in [7, 11) is 0. The molecular formula is C8H10F3NO3. The molecule has 2 unspecified atom stereocenters. The van der Waals surface area contributed by atoms with E-state index in [1.165, 1.54) is 6.92 Å². The molecule has 2 atom stereocenters. The topological polar surface area (TPSA) is 57.6 Å². The van der Waals surface area contributed by atoms with Crippen LogP contribution in [0, 0.1) is 5.92 Å². The molecule has 1 aliphatic rings. The van der Waals surface area contributed by atoms with Gasteiger partial charge in [-0.3, -0.25) is 9.59 Å². The molecule has 0 saturated carbocycles. The summed E-state index contributed by atoms with van der Waals surface area (Å²) in [5, 5.41) is 8.61. The van der Waals surface area contributed by atoms with Crippen LogP contribution in [0.4, 0.5) is 13.2 Å². The molecule has 1 heterocycles. The van der Waals surface area contributed by atoms with E-state index in [9.17, 15) is 22.8 Å². The number of carbonyl (C=O) groups excluding carboxylic acids is 1. The first kappa shape index (κ1) is 11.8. The molecule has 0 bridgehead atoms. The fraction of sp³-hybridized carbons (Fsp3) is 0.750. The largest absolute Gasteiger partial charge is 0.481 e. The maximum absolute atomic E-state index is 12.1. The molecule has 4 nitrogen and oxygen atoms in total. The Morgan fingerprint density at radius 1 is 1.40 bits per heavy atom. The first-order valence-electron chi connectivity index (χ1n) is 4.34. The molecule has 0 aromatic heterocycles. The van der Waals surface area contributed by atoms with E-state index in [0.29, 0.717) is 4.90 Å². The van der Waals surface area contributed by atoms with Gasteiger partial charge in [-0.2, -0.15) is 13.2 Å². The standard InChI is InChI=1S/C8H10F3NO3/c1-4-2-5(6(13)14)3-12(4)7(15)8(9,10)11/h4-5H,2-3H2,1H3,(H,13,14). The van der Waals surface area contributed by atoms with Crippen LogP contribution in [0.15, 0.2) is 0 Å². The van der Waals surface area contributed by atoms with Crippen LogP contribution in [-0.2, 0) is 9.59 Å². The van der Waals surface area contributed by atoms with E-state index in [1.54, 1.807) is 0 Å². The number of nitrogens with zero attached hydrogens (tertiary/aromatic N) is 1. The van der Waals surface area contributed by atoms with Crippen LogP contribution < -0.4 is 0 Å². The summed E-state index contributed by atoms with van der Waals surface area (Å²) < 4.78 is 36.2. The molecule has 1 N–H and O–H groups in total. The van der Waals surface area contributed by atoms with Crippen molar-refractivity contribution in [3.8, 4) is 0 Å². The van der Waals surface area contributed by atoms with Crippen molar-refractivity contribution in [2.75, 3.05) is 6.54 Å². The zero-order valence-corrected chi connectivity index (χ0v) is 7.91. The van der Waals surface area contributed by atoms with Crippen molar-refractivity contribution in [2.45, 2.75) is 25.6 Å². The fourth-order valence-electron chi connectivity index (χ4n) is 1.66. The van der Waals surface area contributed by atoms with E-state index in [1.807, 2.05) is 0 Å². The van der Waals surface area contributed by atoms with Crippen molar-refractivity contribution in [1.29, 1.82) is 0 Å². The van der Waals surface area contributed by atoms with Crippen LogP contribution in [0.1, 0.15) is 13.3 Å². The normalized spacial score (nSPS) is 26.8. The summed E-state index contributed by atoms with van der Waals surface area (Å²) in [6.07, 6.45) is -4.86. The Kier molecular flexibility index (Phi) is 2.92. The van der Waals surface area contributed by atoms with Gasteiger partial charge in [0.2, 0.25) is 0 Å². The molecule has 0 aliphatic carbocycles. The van der Waals surface area contributed by atoms with Crippen molar-refractivity contribution in [2.24, 2.45) is 5.92 Å². The Morgan fingerprint density at radius 2 is 1.93 bits per heavy atom. The van der Waals surface area contributed by atoms with Crippen molar-refractivity contribution < 1.29 is 27.9 Å². The second-order valence-electron chi connectivity index (χ2n) is 3.58. The van der Waals surface area contributed by atoms with E-state index in [0.717, 1.165) is 0 Å². The Labute approximate surface area is 83.7 Å². The molecule has 1 saturated heterocycles. The average Bonchev–Trinajstić information content (AvgIpc) is 2.44. The maximum Gasteiger partial charge on any atom is 0.471 e. The molecule has 1 aliphatic heterocycles. The van der Waals surface area contributed by atoms with Gasteiger partial charge in [0.25, 0.3) is 0 Å². The van der Waals surface area contributed by atoms with E-state index >= 15 is 0 Å². The fourth-order valence-corrected chi connectivity index (χ4v) is 1.66. The number of rotatable bonds is 1. The van der Waals surface area contributed by atoms with E-state index in [2.05, 4.69) is 0 Å². The third kappa shape index (κ3) is 2.40. The van der Waals surface area contributed by atoms with Gasteiger partial charge in [0.05, 0.1) is 5.92 Å². The minimum Gasteiger partial charge on any atom is -0.481 e. The summed E-state index contributed by atoms with van der Waals surface area (Å²) in [4.78, 5) is 22.0. The van der Waals surface area contributed by atoms with Crippen molar-refractivity contribution in [3.05, 3.63) is 0 Å². The summed E-state index contributed by atoms with van der Waals surface area (Å²) in [6.45, 7) is 1.04. The van der Waals surface area contributed by atoms with Crippen molar-refractivity contribution in [1.82, 2.24) is 4.90 Å². The number of amides is 1. The van der Waals surface area contributed by atoms with E-state index in [4.69, 9.17) is 5.11 Å². The zero-order valence-electron chi connectivity index (χ0n) is 7.91. The minimum atomic E-state index is -4.93. The monoisotopic (exact) mass is 225 g/mol. The Bertz CT molecular complexity index is 289. The number of hydrogen-bond donors (Lipinski definition) is 1. The quantitative estimate of drug-likeness (QED) is 0.720. The molecule has 0 radical (unpaired) electrons. The Hall–Kier alpha value is -1.27. The number of alkyl halides is 3. The first-order chi connectivity index (χ1) is 6.73. The highest BCUT2D eigenvalue weighted by molar-refractivity contribution is 5.83. The average molecular weight is 225 g/mol. The molecule has 0 aromatic rings. The number of likely N-dealkylation sites (tertiary alicyclic amines) is 1. The highest BCUT2D eigenvalue weighted by Crippen LogP contribution is 2.28. The van der Waals surface area contributed by atoms with Gasteiger partial charge in [-0.15, -0.1) is 0 Å². The molecule has 1 fully saturated rings. The Balaban J connectivity index is 2.74. The molecule has 0 spiro atoms. The second kappa shape index (κ2) is 3.71. The number of aliphatic carboxylic acids is 1.